The molecule has 1 rings (SSSR count). The Morgan fingerprint density at radius 2 is 1.16 bits per heavy atom. The quantitative estimate of drug-likeness (QED) is 0.0218. The summed E-state index contributed by atoms with van der Waals surface area (Å²) >= 11 is 0. The van der Waals surface area contributed by atoms with E-state index < -0.39 is 32.5 Å². The van der Waals surface area contributed by atoms with Crippen LogP contribution in [-0.4, -0.2) is 53.3 Å². The van der Waals surface area contributed by atoms with E-state index in [1.807, 2.05) is 6.08 Å². The van der Waals surface area contributed by atoms with E-state index >= 15 is 0 Å². The molecule has 1 saturated heterocycles. The predicted molar refractivity (Wildman–Crippen MR) is 206 cm³/mol. The highest BCUT2D eigenvalue weighted by Crippen LogP contribution is 2.36. The maximum absolute atomic E-state index is 12.4. The second kappa shape index (κ2) is 32.4. The molecule has 0 radical (unpaired) electrons. The van der Waals surface area contributed by atoms with Gasteiger partial charge in [0.25, 0.3) is 0 Å². The number of rotatable bonds is 34. The second-order valence-corrected chi connectivity index (χ2v) is 14.5. The minimum Gasteiger partial charge on any atom is -0.462 e. The normalized spacial score (nSPS) is 17.1. The van der Waals surface area contributed by atoms with Gasteiger partial charge in [0.1, 0.15) is 6.61 Å². The van der Waals surface area contributed by atoms with E-state index in [-0.39, 0.29) is 19.4 Å². The number of phosphoric acid groups is 1. The minimum atomic E-state index is -4.78. The molecule has 10 heteroatoms. The molecule has 3 atom stereocenters. The molecular formula is C41H69O9P. The Labute approximate surface area is 309 Å². The smallest absolute Gasteiger partial charge is 0.462 e. The molecule has 2 unspecified atom stereocenters. The SMILES string of the molecule is CCCCC/C=C\C/C=C\C/C=C\C/C=C\CCCC(=O)OC[C@H](COP(=O)(O)O)OC(=O)CCCCCCCC1OC1C/C=C\CCCCC. The monoisotopic (exact) mass is 736 g/mol. The number of allylic oxidation sites excluding steroid dienone is 9. The number of carbonyl (C=O) groups is 2. The van der Waals surface area contributed by atoms with Crippen LogP contribution in [0.3, 0.4) is 0 Å². The van der Waals surface area contributed by atoms with Crippen LogP contribution in [0.4, 0.5) is 0 Å². The summed E-state index contributed by atoms with van der Waals surface area (Å²) in [7, 11) is -4.78. The van der Waals surface area contributed by atoms with Crippen LogP contribution in [0, 0.1) is 0 Å². The molecule has 1 aliphatic heterocycles. The van der Waals surface area contributed by atoms with Gasteiger partial charge in [0.05, 0.1) is 18.8 Å². The van der Waals surface area contributed by atoms with Gasteiger partial charge in [-0.05, 0) is 77.0 Å². The maximum atomic E-state index is 12.4. The first-order valence-electron chi connectivity index (χ1n) is 19.7. The lowest BCUT2D eigenvalue weighted by Crippen LogP contribution is -2.29. The molecule has 292 valence electrons. The summed E-state index contributed by atoms with van der Waals surface area (Å²) in [6.45, 7) is 3.54. The zero-order valence-corrected chi connectivity index (χ0v) is 32.6. The van der Waals surface area contributed by atoms with Crippen LogP contribution in [0.25, 0.3) is 0 Å². The molecule has 0 bridgehead atoms. The van der Waals surface area contributed by atoms with Gasteiger partial charge >= 0.3 is 19.8 Å². The van der Waals surface area contributed by atoms with E-state index in [4.69, 9.17) is 24.0 Å². The van der Waals surface area contributed by atoms with Gasteiger partial charge in [-0.1, -0.05) is 126 Å². The number of hydrogen-bond acceptors (Lipinski definition) is 7. The zero-order valence-electron chi connectivity index (χ0n) is 31.7. The Hall–Kier alpha value is -2.29. The largest absolute Gasteiger partial charge is 0.469 e. The molecule has 0 aromatic rings. The molecule has 1 aliphatic rings. The zero-order chi connectivity index (χ0) is 37.3. The van der Waals surface area contributed by atoms with E-state index in [1.54, 1.807) is 0 Å². The summed E-state index contributed by atoms with van der Waals surface area (Å²) in [6.07, 6.45) is 42.5. The van der Waals surface area contributed by atoms with Crippen LogP contribution in [0.15, 0.2) is 60.8 Å². The summed E-state index contributed by atoms with van der Waals surface area (Å²) in [5, 5.41) is 0. The van der Waals surface area contributed by atoms with E-state index in [0.717, 1.165) is 70.6 Å². The average Bonchev–Trinajstić information content (AvgIpc) is 3.85. The Morgan fingerprint density at radius 1 is 0.627 bits per heavy atom. The molecule has 1 heterocycles. The van der Waals surface area contributed by atoms with Crippen molar-refractivity contribution >= 4 is 19.8 Å². The topological polar surface area (TPSA) is 132 Å². The molecule has 0 saturated carbocycles. The number of carbonyl (C=O) groups excluding carboxylic acids is 2. The number of esters is 2. The molecule has 0 aromatic heterocycles. The molecule has 9 nitrogen and oxygen atoms in total. The standard InChI is InChI=1S/C41H69O9P/c1-3-5-7-9-11-12-13-14-15-16-17-18-19-20-21-25-29-33-40(42)47-35-37(36-48-51(44,45)46)49-41(43)34-30-26-22-24-28-32-39-38(50-39)31-27-23-10-8-6-4-2/h11-12,14-15,17-18,20-21,23,27,37-39H,3-10,13,16,19,22,24-26,28-36H2,1-2H3,(H2,44,45,46)/b12-11-,15-14-,18-17-,21-20-,27-23-/t37-,38?,39?/m1/s1. The summed E-state index contributed by atoms with van der Waals surface area (Å²) in [5.74, 6) is -0.979. The van der Waals surface area contributed by atoms with Gasteiger partial charge < -0.3 is 24.0 Å². The highest BCUT2D eigenvalue weighted by molar-refractivity contribution is 7.46. The van der Waals surface area contributed by atoms with Crippen molar-refractivity contribution in [2.75, 3.05) is 13.2 Å². The van der Waals surface area contributed by atoms with Gasteiger partial charge in [-0.25, -0.2) is 4.57 Å². The van der Waals surface area contributed by atoms with Crippen molar-refractivity contribution in [3.63, 3.8) is 0 Å². The Kier molecular flexibility index (Phi) is 29.7. The van der Waals surface area contributed by atoms with Crippen LogP contribution < -0.4 is 0 Å². The number of epoxide rings is 1. The first kappa shape index (κ1) is 46.7. The fourth-order valence-corrected chi connectivity index (χ4v) is 5.73. The van der Waals surface area contributed by atoms with Crippen molar-refractivity contribution in [3.8, 4) is 0 Å². The van der Waals surface area contributed by atoms with Crippen molar-refractivity contribution in [3.05, 3.63) is 60.8 Å². The summed E-state index contributed by atoms with van der Waals surface area (Å²) < 4.78 is 32.1. The van der Waals surface area contributed by atoms with Crippen molar-refractivity contribution in [1.82, 2.24) is 0 Å². The lowest BCUT2D eigenvalue weighted by molar-refractivity contribution is -0.161. The highest BCUT2D eigenvalue weighted by Gasteiger charge is 2.36. The van der Waals surface area contributed by atoms with E-state index in [2.05, 4.69) is 73.1 Å². The molecule has 2 N–H and O–H groups in total. The van der Waals surface area contributed by atoms with Crippen LogP contribution in [0.1, 0.15) is 155 Å². The molecule has 0 aliphatic carbocycles. The molecule has 0 amide bonds. The van der Waals surface area contributed by atoms with Crippen LogP contribution in [0.2, 0.25) is 0 Å². The Balaban J connectivity index is 2.14. The third-order valence-electron chi connectivity index (χ3n) is 8.43. The predicted octanol–water partition coefficient (Wildman–Crippen LogP) is 10.7. The Morgan fingerprint density at radius 3 is 1.76 bits per heavy atom. The summed E-state index contributed by atoms with van der Waals surface area (Å²) in [6, 6.07) is 0. The van der Waals surface area contributed by atoms with Gasteiger partial charge in [-0.3, -0.25) is 14.1 Å². The van der Waals surface area contributed by atoms with Gasteiger partial charge in [-0.15, -0.1) is 0 Å². The molecule has 0 aromatic carbocycles. The lowest BCUT2D eigenvalue weighted by atomic mass is 10.1. The first-order chi connectivity index (χ1) is 24.7. The van der Waals surface area contributed by atoms with E-state index in [1.165, 1.54) is 44.9 Å². The fraction of sp³-hybridized carbons (Fsp3) is 0.707. The summed E-state index contributed by atoms with van der Waals surface area (Å²) in [4.78, 5) is 42.8. The van der Waals surface area contributed by atoms with Gasteiger partial charge in [0.15, 0.2) is 6.10 Å². The van der Waals surface area contributed by atoms with E-state index in [0.29, 0.717) is 25.0 Å². The third kappa shape index (κ3) is 32.1. The molecule has 1 fully saturated rings. The maximum Gasteiger partial charge on any atom is 0.469 e. The molecule has 0 spiro atoms. The average molecular weight is 737 g/mol. The first-order valence-corrected chi connectivity index (χ1v) is 21.2. The van der Waals surface area contributed by atoms with Crippen LogP contribution in [-0.2, 0) is 32.9 Å². The molecular weight excluding hydrogens is 667 g/mol. The van der Waals surface area contributed by atoms with Crippen LogP contribution in [0.5, 0.6) is 0 Å². The Bertz CT molecular complexity index is 1080. The van der Waals surface area contributed by atoms with Gasteiger partial charge in [-0.2, -0.15) is 0 Å². The van der Waals surface area contributed by atoms with Crippen molar-refractivity contribution < 1.29 is 42.7 Å². The number of ether oxygens (including phenoxy) is 3. The second-order valence-electron chi connectivity index (χ2n) is 13.3. The van der Waals surface area contributed by atoms with Crippen molar-refractivity contribution in [1.29, 1.82) is 0 Å². The summed E-state index contributed by atoms with van der Waals surface area (Å²) in [5.41, 5.74) is 0. The van der Waals surface area contributed by atoms with Crippen molar-refractivity contribution in [2.24, 2.45) is 0 Å². The number of phosphoric ester groups is 1. The number of hydrogen-bond donors (Lipinski definition) is 2. The third-order valence-corrected chi connectivity index (χ3v) is 8.92. The molecule has 51 heavy (non-hydrogen) atoms. The minimum absolute atomic E-state index is 0.174. The van der Waals surface area contributed by atoms with Crippen molar-refractivity contribution in [2.45, 2.75) is 173 Å². The fourth-order valence-electron chi connectivity index (χ4n) is 5.37. The van der Waals surface area contributed by atoms with Gasteiger partial charge in [0.2, 0.25) is 0 Å². The van der Waals surface area contributed by atoms with Crippen LogP contribution >= 0.6 is 7.82 Å². The highest BCUT2D eigenvalue weighted by atomic mass is 31.2. The lowest BCUT2D eigenvalue weighted by Gasteiger charge is -2.18. The van der Waals surface area contributed by atoms with Gasteiger partial charge in [0, 0.05) is 12.8 Å². The van der Waals surface area contributed by atoms with E-state index in [9.17, 15) is 14.2 Å². The number of unbranched alkanes of at least 4 members (excludes halogenated alkanes) is 11.